The molecule has 0 unspecified atom stereocenters. The Morgan fingerprint density at radius 2 is 1.96 bits per heavy atom. The highest BCUT2D eigenvalue weighted by molar-refractivity contribution is 5.96. The number of hydrogen-bond donors (Lipinski definition) is 1. The lowest BCUT2D eigenvalue weighted by Crippen LogP contribution is -2.21. The number of aryl methyl sites for hydroxylation is 1. The fourth-order valence-corrected chi connectivity index (χ4v) is 1.91. The molecule has 3 aromatic rings. The topological polar surface area (TPSA) is 107 Å². The first-order valence-corrected chi connectivity index (χ1v) is 6.73. The number of nitrogens with one attached hydrogen (secondary N) is 1. The number of carbonyl (C=O) groups excluding carboxylic acids is 2. The molecule has 0 radical (unpaired) electrons. The normalized spacial score (nSPS) is 10.5. The van der Waals surface area contributed by atoms with Crippen LogP contribution < -0.4 is 5.32 Å². The van der Waals surface area contributed by atoms with Crippen LogP contribution in [-0.2, 0) is 9.53 Å². The van der Waals surface area contributed by atoms with Crippen LogP contribution in [0.25, 0.3) is 11.0 Å². The van der Waals surface area contributed by atoms with E-state index in [2.05, 4.69) is 20.4 Å². The molecular formula is C15H12N4O4. The largest absolute Gasteiger partial charge is 0.452 e. The van der Waals surface area contributed by atoms with Gasteiger partial charge >= 0.3 is 5.97 Å². The molecular weight excluding hydrogens is 300 g/mol. The third kappa shape index (κ3) is 3.49. The smallest absolute Gasteiger partial charge is 0.338 e. The van der Waals surface area contributed by atoms with Gasteiger partial charge in [0.1, 0.15) is 5.76 Å². The lowest BCUT2D eigenvalue weighted by Gasteiger charge is -2.05. The molecule has 1 amide bonds. The second kappa shape index (κ2) is 6.22. The van der Waals surface area contributed by atoms with Crippen LogP contribution in [0.3, 0.4) is 0 Å². The molecule has 0 saturated carbocycles. The molecule has 0 spiro atoms. The molecule has 0 aliphatic carbocycles. The molecule has 116 valence electrons. The summed E-state index contributed by atoms with van der Waals surface area (Å²) < 4.78 is 9.78. The Hall–Kier alpha value is -3.29. The molecule has 8 nitrogen and oxygen atoms in total. The van der Waals surface area contributed by atoms with Gasteiger partial charge in [-0.3, -0.25) is 14.8 Å². The number of amides is 1. The molecule has 0 bridgehead atoms. The molecule has 0 fully saturated rings. The highest BCUT2D eigenvalue weighted by Crippen LogP contribution is 2.12. The Morgan fingerprint density at radius 1 is 1.17 bits per heavy atom. The summed E-state index contributed by atoms with van der Waals surface area (Å²) >= 11 is 0. The van der Waals surface area contributed by atoms with E-state index in [9.17, 15) is 9.59 Å². The molecule has 1 N–H and O–H groups in total. The van der Waals surface area contributed by atoms with Crippen molar-refractivity contribution in [3.63, 3.8) is 0 Å². The number of rotatable bonds is 4. The number of carbonyl (C=O) groups is 2. The van der Waals surface area contributed by atoms with Gasteiger partial charge in [0.2, 0.25) is 0 Å². The number of esters is 1. The van der Waals surface area contributed by atoms with E-state index in [4.69, 9.17) is 9.26 Å². The monoisotopic (exact) mass is 312 g/mol. The SMILES string of the molecule is Cc1cc(NC(=O)COC(=O)c2ccc3nccnc3c2)no1. The first-order chi connectivity index (χ1) is 11.1. The second-order valence-electron chi connectivity index (χ2n) is 4.71. The molecule has 1 aromatic carbocycles. The number of anilines is 1. The van der Waals surface area contributed by atoms with Gasteiger partial charge in [-0.1, -0.05) is 5.16 Å². The van der Waals surface area contributed by atoms with Crippen molar-refractivity contribution in [2.24, 2.45) is 0 Å². The minimum absolute atomic E-state index is 0.268. The number of hydrogen-bond acceptors (Lipinski definition) is 7. The lowest BCUT2D eigenvalue weighted by atomic mass is 10.2. The Labute approximate surface area is 130 Å². The van der Waals surface area contributed by atoms with Crippen molar-refractivity contribution < 1.29 is 18.8 Å². The summed E-state index contributed by atoms with van der Waals surface area (Å²) in [4.78, 5) is 31.9. The van der Waals surface area contributed by atoms with Crippen molar-refractivity contribution in [3.05, 3.63) is 48.0 Å². The van der Waals surface area contributed by atoms with E-state index in [1.165, 1.54) is 6.20 Å². The average molecular weight is 312 g/mol. The van der Waals surface area contributed by atoms with Crippen molar-refractivity contribution in [2.45, 2.75) is 6.92 Å². The van der Waals surface area contributed by atoms with Gasteiger partial charge in [0, 0.05) is 18.5 Å². The summed E-state index contributed by atoms with van der Waals surface area (Å²) in [5.41, 5.74) is 1.54. The van der Waals surface area contributed by atoms with Crippen molar-refractivity contribution >= 4 is 28.7 Å². The number of ether oxygens (including phenoxy) is 1. The molecule has 2 heterocycles. The van der Waals surface area contributed by atoms with Crippen molar-refractivity contribution in [2.75, 3.05) is 11.9 Å². The van der Waals surface area contributed by atoms with Gasteiger partial charge in [0.15, 0.2) is 12.4 Å². The summed E-state index contributed by atoms with van der Waals surface area (Å²) in [5, 5.41) is 6.07. The zero-order chi connectivity index (χ0) is 16.2. The van der Waals surface area contributed by atoms with E-state index in [1.54, 1.807) is 37.4 Å². The fraction of sp³-hybridized carbons (Fsp3) is 0.133. The third-order valence-electron chi connectivity index (χ3n) is 2.93. The van der Waals surface area contributed by atoms with Gasteiger partial charge in [0.25, 0.3) is 5.91 Å². The van der Waals surface area contributed by atoms with Crippen molar-refractivity contribution in [1.82, 2.24) is 15.1 Å². The number of fused-ring (bicyclic) bond motifs is 1. The predicted molar refractivity (Wildman–Crippen MR) is 79.7 cm³/mol. The highest BCUT2D eigenvalue weighted by atomic mass is 16.5. The first-order valence-electron chi connectivity index (χ1n) is 6.73. The molecule has 23 heavy (non-hydrogen) atoms. The van der Waals surface area contributed by atoms with E-state index < -0.39 is 18.5 Å². The highest BCUT2D eigenvalue weighted by Gasteiger charge is 2.12. The van der Waals surface area contributed by atoms with Crippen LogP contribution in [0.5, 0.6) is 0 Å². The molecule has 0 atom stereocenters. The van der Waals surface area contributed by atoms with Crippen molar-refractivity contribution in [3.8, 4) is 0 Å². The van der Waals surface area contributed by atoms with Crippen molar-refractivity contribution in [1.29, 1.82) is 0 Å². The maximum atomic E-state index is 12.0. The summed E-state index contributed by atoms with van der Waals surface area (Å²) in [5.74, 6) is -0.296. The van der Waals surface area contributed by atoms with Crippen LogP contribution in [-0.4, -0.2) is 33.6 Å². The van der Waals surface area contributed by atoms with E-state index in [1.807, 2.05) is 0 Å². The summed E-state index contributed by atoms with van der Waals surface area (Å²) in [7, 11) is 0. The van der Waals surface area contributed by atoms with E-state index in [-0.39, 0.29) is 5.82 Å². The molecule has 0 aliphatic heterocycles. The van der Waals surface area contributed by atoms with Gasteiger partial charge in [-0.05, 0) is 25.1 Å². The predicted octanol–water partition coefficient (Wildman–Crippen LogP) is 1.72. The van der Waals surface area contributed by atoms with E-state index >= 15 is 0 Å². The fourth-order valence-electron chi connectivity index (χ4n) is 1.91. The van der Waals surface area contributed by atoms with Gasteiger partial charge in [-0.25, -0.2) is 4.79 Å². The summed E-state index contributed by atoms with van der Waals surface area (Å²) in [6.45, 7) is 1.27. The molecule has 0 aliphatic rings. The van der Waals surface area contributed by atoms with Crippen LogP contribution in [0.1, 0.15) is 16.1 Å². The van der Waals surface area contributed by atoms with Crippen LogP contribution in [0.2, 0.25) is 0 Å². The average Bonchev–Trinajstić information content (AvgIpc) is 2.97. The maximum Gasteiger partial charge on any atom is 0.338 e. The molecule has 8 heteroatoms. The zero-order valence-electron chi connectivity index (χ0n) is 12.1. The van der Waals surface area contributed by atoms with Crippen LogP contribution in [0, 0.1) is 6.92 Å². The van der Waals surface area contributed by atoms with Crippen LogP contribution in [0.15, 0.2) is 41.2 Å². The minimum atomic E-state index is -0.621. The second-order valence-corrected chi connectivity index (χ2v) is 4.71. The van der Waals surface area contributed by atoms with Gasteiger partial charge < -0.3 is 14.6 Å². The van der Waals surface area contributed by atoms with Gasteiger partial charge in [0.05, 0.1) is 16.6 Å². The number of aromatic nitrogens is 3. The maximum absolute atomic E-state index is 12.0. The van der Waals surface area contributed by atoms with Gasteiger partial charge in [-0.15, -0.1) is 0 Å². The summed E-state index contributed by atoms with van der Waals surface area (Å²) in [6, 6.07) is 6.35. The van der Waals surface area contributed by atoms with Gasteiger partial charge in [-0.2, -0.15) is 0 Å². The Kier molecular flexibility index (Phi) is 3.96. The lowest BCUT2D eigenvalue weighted by molar-refractivity contribution is -0.119. The third-order valence-corrected chi connectivity index (χ3v) is 2.93. The van der Waals surface area contributed by atoms with Crippen LogP contribution in [0.4, 0.5) is 5.82 Å². The Morgan fingerprint density at radius 3 is 2.70 bits per heavy atom. The van der Waals surface area contributed by atoms with E-state index in [0.29, 0.717) is 22.4 Å². The molecule has 3 rings (SSSR count). The first kappa shape index (κ1) is 14.6. The standard InChI is InChI=1S/C15H12N4O4/c1-9-6-13(19-23-9)18-14(20)8-22-15(21)10-2-3-11-12(7-10)17-5-4-16-11/h2-7H,8H2,1H3,(H,18,19,20). The van der Waals surface area contributed by atoms with E-state index in [0.717, 1.165) is 0 Å². The molecule has 0 saturated heterocycles. The Balaban J connectivity index is 1.60. The number of nitrogens with zero attached hydrogens (tertiary/aromatic N) is 3. The molecule has 2 aromatic heterocycles. The quantitative estimate of drug-likeness (QED) is 0.731. The van der Waals surface area contributed by atoms with Crippen LogP contribution >= 0.6 is 0 Å². The zero-order valence-corrected chi connectivity index (χ0v) is 12.1. The Bertz CT molecular complexity index is 875. The summed E-state index contributed by atoms with van der Waals surface area (Å²) in [6.07, 6.45) is 3.10. The number of benzene rings is 1. The minimum Gasteiger partial charge on any atom is -0.452 e.